The van der Waals surface area contributed by atoms with Crippen LogP contribution in [0, 0.1) is 0 Å². The first-order valence-electron chi connectivity index (χ1n) is 8.35. The summed E-state index contributed by atoms with van der Waals surface area (Å²) in [5.41, 5.74) is -0.496. The Morgan fingerprint density at radius 2 is 1.65 bits per heavy atom. The normalized spacial score (nSPS) is 21.0. The summed E-state index contributed by atoms with van der Waals surface area (Å²) in [5, 5.41) is 31.8. The molecular weight excluding hydrogens is 336 g/mol. The van der Waals surface area contributed by atoms with E-state index in [1.165, 1.54) is 13.2 Å². The van der Waals surface area contributed by atoms with Gasteiger partial charge in [0.2, 0.25) is 5.78 Å². The first kappa shape index (κ1) is 16.6. The van der Waals surface area contributed by atoms with Gasteiger partial charge in [-0.15, -0.1) is 0 Å². The Morgan fingerprint density at radius 3 is 2.35 bits per heavy atom. The fourth-order valence-corrected chi connectivity index (χ4v) is 3.97. The van der Waals surface area contributed by atoms with Gasteiger partial charge in [0.1, 0.15) is 17.2 Å². The summed E-state index contributed by atoms with van der Waals surface area (Å²) in [6.45, 7) is 1.64. The van der Waals surface area contributed by atoms with E-state index in [1.807, 2.05) is 0 Å². The highest BCUT2D eigenvalue weighted by Crippen LogP contribution is 2.47. The molecule has 0 amide bonds. The molecule has 0 aliphatic heterocycles. The molecule has 0 radical (unpaired) electrons. The fourth-order valence-electron chi connectivity index (χ4n) is 3.97. The van der Waals surface area contributed by atoms with E-state index in [4.69, 9.17) is 4.74 Å². The van der Waals surface area contributed by atoms with Crippen LogP contribution in [0.25, 0.3) is 0 Å². The number of hydrogen-bond acceptors (Lipinski definition) is 6. The number of phenolic OH excluding ortho intramolecular Hbond substituents is 2. The number of rotatable bonds is 1. The summed E-state index contributed by atoms with van der Waals surface area (Å²) in [5.74, 6) is -1.49. The van der Waals surface area contributed by atoms with Crippen LogP contribution in [-0.4, -0.2) is 39.6 Å². The van der Waals surface area contributed by atoms with Crippen molar-refractivity contribution in [2.45, 2.75) is 31.8 Å². The lowest BCUT2D eigenvalue weighted by atomic mass is 9.74. The van der Waals surface area contributed by atoms with Gasteiger partial charge in [-0.3, -0.25) is 9.59 Å². The highest BCUT2D eigenvalue weighted by Gasteiger charge is 2.41. The average molecular weight is 354 g/mol. The molecule has 2 aromatic carbocycles. The largest absolute Gasteiger partial charge is 0.507 e. The minimum absolute atomic E-state index is 0.0879. The molecule has 0 saturated heterocycles. The maximum atomic E-state index is 13.1. The van der Waals surface area contributed by atoms with Crippen molar-refractivity contribution >= 4 is 11.6 Å². The van der Waals surface area contributed by atoms with Crippen LogP contribution in [0.5, 0.6) is 17.2 Å². The predicted octanol–water partition coefficient (Wildman–Crippen LogP) is 2.12. The summed E-state index contributed by atoms with van der Waals surface area (Å²) in [7, 11) is 1.40. The molecule has 0 saturated carbocycles. The molecule has 0 fully saturated rings. The molecule has 26 heavy (non-hydrogen) atoms. The number of fused-ring (bicyclic) bond motifs is 3. The van der Waals surface area contributed by atoms with Crippen molar-refractivity contribution in [1.82, 2.24) is 0 Å². The molecular formula is C20H18O6. The number of aliphatic hydroxyl groups is 1. The van der Waals surface area contributed by atoms with E-state index in [9.17, 15) is 24.9 Å². The molecule has 3 N–H and O–H groups in total. The zero-order valence-electron chi connectivity index (χ0n) is 14.4. The van der Waals surface area contributed by atoms with E-state index >= 15 is 0 Å². The third kappa shape index (κ3) is 2.08. The van der Waals surface area contributed by atoms with Crippen LogP contribution < -0.4 is 4.74 Å². The molecule has 0 heterocycles. The summed E-state index contributed by atoms with van der Waals surface area (Å²) in [4.78, 5) is 26.1. The van der Waals surface area contributed by atoms with Crippen molar-refractivity contribution in [3.63, 3.8) is 0 Å². The Morgan fingerprint density at radius 1 is 1.00 bits per heavy atom. The molecule has 134 valence electrons. The van der Waals surface area contributed by atoms with Gasteiger partial charge in [-0.1, -0.05) is 12.1 Å². The van der Waals surface area contributed by atoms with Crippen LogP contribution in [0.15, 0.2) is 18.2 Å². The van der Waals surface area contributed by atoms with Crippen LogP contribution in [0.3, 0.4) is 0 Å². The van der Waals surface area contributed by atoms with Crippen LogP contribution in [0.1, 0.15) is 56.3 Å². The second kappa shape index (κ2) is 5.32. The third-order valence-corrected chi connectivity index (χ3v) is 5.30. The monoisotopic (exact) mass is 354 g/mol. The van der Waals surface area contributed by atoms with Crippen molar-refractivity contribution < 1.29 is 29.6 Å². The van der Waals surface area contributed by atoms with E-state index in [2.05, 4.69) is 0 Å². The topological polar surface area (TPSA) is 104 Å². The van der Waals surface area contributed by atoms with Gasteiger partial charge in [0, 0.05) is 23.1 Å². The lowest BCUT2D eigenvalue weighted by Gasteiger charge is -2.33. The van der Waals surface area contributed by atoms with E-state index in [1.54, 1.807) is 19.1 Å². The van der Waals surface area contributed by atoms with E-state index in [0.29, 0.717) is 24.0 Å². The number of benzene rings is 2. The quantitative estimate of drug-likeness (QED) is 0.578. The Balaban J connectivity index is 2.04. The molecule has 0 bridgehead atoms. The number of hydrogen-bond donors (Lipinski definition) is 3. The van der Waals surface area contributed by atoms with Gasteiger partial charge in [-0.25, -0.2) is 0 Å². The Labute approximate surface area is 149 Å². The summed E-state index contributed by atoms with van der Waals surface area (Å²) in [6, 6.07) is 4.66. The zero-order chi connectivity index (χ0) is 18.8. The van der Waals surface area contributed by atoms with Crippen LogP contribution >= 0.6 is 0 Å². The standard InChI is InChI=1S/C20H18O6/c1-20(25)7-6-9-11(8-20)18(23)14-15(16(9)21)19(24)13-10(17(14)22)4-3-5-12(13)26-2/h3-5,21,23,25H,6-8H2,1-2H3/t20-/m1/s1. The Bertz CT molecular complexity index is 987. The minimum Gasteiger partial charge on any atom is -0.507 e. The summed E-state index contributed by atoms with van der Waals surface area (Å²) in [6.07, 6.45) is 0.782. The predicted molar refractivity (Wildman–Crippen MR) is 92.3 cm³/mol. The molecule has 6 nitrogen and oxygen atoms in total. The fraction of sp³-hybridized carbons (Fsp3) is 0.300. The van der Waals surface area contributed by atoms with Gasteiger partial charge in [-0.05, 0) is 25.8 Å². The Kier molecular flexibility index (Phi) is 3.39. The molecule has 4 rings (SSSR count). The van der Waals surface area contributed by atoms with Gasteiger partial charge in [0.05, 0.1) is 29.4 Å². The first-order chi connectivity index (χ1) is 12.3. The highest BCUT2D eigenvalue weighted by molar-refractivity contribution is 6.31. The zero-order valence-corrected chi connectivity index (χ0v) is 14.4. The molecule has 0 spiro atoms. The smallest absolute Gasteiger partial charge is 0.202 e. The third-order valence-electron chi connectivity index (χ3n) is 5.30. The molecule has 1 atom stereocenters. The maximum absolute atomic E-state index is 13.1. The number of aromatic hydroxyl groups is 2. The van der Waals surface area contributed by atoms with E-state index < -0.39 is 17.2 Å². The molecule has 6 heteroatoms. The second-order valence-corrected chi connectivity index (χ2v) is 7.12. The van der Waals surface area contributed by atoms with Crippen molar-refractivity contribution in [2.24, 2.45) is 0 Å². The first-order valence-corrected chi connectivity index (χ1v) is 8.35. The van der Waals surface area contributed by atoms with Gasteiger partial charge in [-0.2, -0.15) is 0 Å². The van der Waals surface area contributed by atoms with Crippen LogP contribution in [0.2, 0.25) is 0 Å². The van der Waals surface area contributed by atoms with E-state index in [-0.39, 0.29) is 45.9 Å². The maximum Gasteiger partial charge on any atom is 0.202 e. The number of methoxy groups -OCH3 is 1. The van der Waals surface area contributed by atoms with Crippen LogP contribution in [-0.2, 0) is 12.8 Å². The molecule has 2 aromatic rings. The number of carbonyl (C=O) groups is 2. The molecule has 0 aromatic heterocycles. The molecule has 0 unspecified atom stereocenters. The minimum atomic E-state index is -1.05. The van der Waals surface area contributed by atoms with Crippen molar-refractivity contribution in [3.05, 3.63) is 51.6 Å². The van der Waals surface area contributed by atoms with Gasteiger partial charge >= 0.3 is 0 Å². The summed E-state index contributed by atoms with van der Waals surface area (Å²) < 4.78 is 5.21. The van der Waals surface area contributed by atoms with Gasteiger partial charge in [0.25, 0.3) is 0 Å². The number of carbonyl (C=O) groups excluding carboxylic acids is 2. The molecule has 2 aliphatic carbocycles. The van der Waals surface area contributed by atoms with E-state index in [0.717, 1.165) is 0 Å². The average Bonchev–Trinajstić information content (AvgIpc) is 2.61. The highest BCUT2D eigenvalue weighted by atomic mass is 16.5. The second-order valence-electron chi connectivity index (χ2n) is 7.12. The Hall–Kier alpha value is -2.86. The number of ether oxygens (including phenoxy) is 1. The number of phenols is 2. The van der Waals surface area contributed by atoms with Crippen LogP contribution in [0.4, 0.5) is 0 Å². The SMILES string of the molecule is COc1cccc2c1C(=O)c1c(O)c3c(c(O)c1C2=O)C[C@](C)(O)CC3. The van der Waals surface area contributed by atoms with Crippen molar-refractivity contribution in [3.8, 4) is 17.2 Å². The van der Waals surface area contributed by atoms with Gasteiger partial charge < -0.3 is 20.1 Å². The molecule has 2 aliphatic rings. The lowest BCUT2D eigenvalue weighted by Crippen LogP contribution is -2.33. The van der Waals surface area contributed by atoms with Gasteiger partial charge in [0.15, 0.2) is 5.78 Å². The summed E-state index contributed by atoms with van der Waals surface area (Å²) >= 11 is 0. The lowest BCUT2D eigenvalue weighted by molar-refractivity contribution is 0.0446. The van der Waals surface area contributed by atoms with Crippen molar-refractivity contribution in [1.29, 1.82) is 0 Å². The van der Waals surface area contributed by atoms with Crippen molar-refractivity contribution in [2.75, 3.05) is 7.11 Å². The number of ketones is 2.